The maximum Gasteiger partial charge on any atom is 0.451 e. The summed E-state index contributed by atoms with van der Waals surface area (Å²) in [5.74, 6) is -4.72. The summed E-state index contributed by atoms with van der Waals surface area (Å²) in [7, 11) is 0. The lowest BCUT2D eigenvalue weighted by Gasteiger charge is -2.30. The molecule has 0 saturated heterocycles. The molecule has 22 heavy (non-hydrogen) atoms. The van der Waals surface area contributed by atoms with Crippen molar-refractivity contribution >= 4 is 5.69 Å². The number of halogens is 6. The lowest BCUT2D eigenvalue weighted by atomic mass is 10.2. The monoisotopic (exact) mass is 322 g/mol. The van der Waals surface area contributed by atoms with Gasteiger partial charge < -0.3 is 9.47 Å². The van der Waals surface area contributed by atoms with Crippen LogP contribution in [-0.2, 0) is 19.3 Å². The largest absolute Gasteiger partial charge is 0.451 e. The summed E-state index contributed by atoms with van der Waals surface area (Å²) < 4.78 is 78.8. The third-order valence-corrected chi connectivity index (χ3v) is 3.34. The van der Waals surface area contributed by atoms with Crippen LogP contribution in [0.4, 0.5) is 32.0 Å². The van der Waals surface area contributed by atoms with E-state index in [1.165, 1.54) is 4.90 Å². The second kappa shape index (κ2) is 4.89. The number of hydrogen-bond donors (Lipinski definition) is 0. The molecule has 0 amide bonds. The molecule has 2 heterocycles. The molecule has 4 nitrogen and oxygen atoms in total. The highest BCUT2D eigenvalue weighted by Gasteiger charge is 2.39. The van der Waals surface area contributed by atoms with E-state index >= 15 is 0 Å². The lowest BCUT2D eigenvalue weighted by Crippen LogP contribution is -2.36. The maximum atomic E-state index is 13.7. The zero-order valence-corrected chi connectivity index (χ0v) is 10.8. The van der Waals surface area contributed by atoms with Crippen LogP contribution in [0.2, 0.25) is 0 Å². The average Bonchev–Trinajstić information content (AvgIpc) is 2.85. The Kier molecular flexibility index (Phi) is 3.26. The van der Waals surface area contributed by atoms with Crippen molar-refractivity contribution in [2.24, 2.45) is 0 Å². The molecule has 1 aliphatic rings. The van der Waals surface area contributed by atoms with Gasteiger partial charge in [0.2, 0.25) is 5.82 Å². The fraction of sp³-hybridized carbons (Fsp3) is 0.333. The van der Waals surface area contributed by atoms with E-state index < -0.39 is 29.5 Å². The van der Waals surface area contributed by atoms with Crippen molar-refractivity contribution in [3.63, 3.8) is 0 Å². The first kappa shape index (κ1) is 14.7. The van der Waals surface area contributed by atoms with Crippen molar-refractivity contribution in [3.8, 4) is 0 Å². The summed E-state index contributed by atoms with van der Waals surface area (Å²) in [5, 5.41) is 6.51. The molecule has 0 fully saturated rings. The Morgan fingerprint density at radius 2 is 1.59 bits per heavy atom. The predicted molar refractivity (Wildman–Crippen MR) is 62.4 cm³/mol. The van der Waals surface area contributed by atoms with Gasteiger partial charge in [0.25, 0.3) is 0 Å². The van der Waals surface area contributed by atoms with E-state index in [1.807, 2.05) is 0 Å². The summed E-state index contributed by atoms with van der Waals surface area (Å²) >= 11 is 0. The number of rotatable bonds is 1. The third kappa shape index (κ3) is 2.38. The van der Waals surface area contributed by atoms with Crippen LogP contribution in [0.3, 0.4) is 0 Å². The molecule has 0 saturated carbocycles. The first-order valence-corrected chi connectivity index (χ1v) is 6.16. The fourth-order valence-electron chi connectivity index (χ4n) is 2.33. The standard InChI is InChI=1S/C12H8F6N4/c13-6-3-8(15)9(4-7(6)14)21-1-2-22-10(5-21)19-20-11(22)12(16,17)18/h3-4H,1-2,5H2. The molecule has 0 radical (unpaired) electrons. The van der Waals surface area contributed by atoms with Crippen LogP contribution in [0.1, 0.15) is 11.6 Å². The topological polar surface area (TPSA) is 34.0 Å². The molecule has 0 unspecified atom stereocenters. The van der Waals surface area contributed by atoms with Gasteiger partial charge in [-0.25, -0.2) is 13.2 Å². The normalized spacial score (nSPS) is 15.1. The molecule has 1 aromatic heterocycles. The maximum absolute atomic E-state index is 13.7. The molecule has 0 spiro atoms. The summed E-state index contributed by atoms with van der Waals surface area (Å²) in [6.07, 6.45) is -4.64. The SMILES string of the molecule is Fc1cc(F)c(N2CCn3c(nnc3C(F)(F)F)C2)cc1F. The van der Waals surface area contributed by atoms with Crippen molar-refractivity contribution < 1.29 is 26.3 Å². The summed E-state index contributed by atoms with van der Waals surface area (Å²) in [5.41, 5.74) is -0.235. The number of benzene rings is 1. The number of anilines is 1. The van der Waals surface area contributed by atoms with Crippen LogP contribution >= 0.6 is 0 Å². The van der Waals surface area contributed by atoms with E-state index in [-0.39, 0.29) is 31.1 Å². The van der Waals surface area contributed by atoms with Crippen molar-refractivity contribution in [3.05, 3.63) is 41.2 Å². The molecule has 1 aliphatic heterocycles. The quantitative estimate of drug-likeness (QED) is 0.598. The summed E-state index contributed by atoms with van der Waals surface area (Å²) in [6.45, 7) is -0.350. The fourth-order valence-corrected chi connectivity index (χ4v) is 2.33. The summed E-state index contributed by atoms with van der Waals surface area (Å²) in [6, 6.07) is 1.06. The zero-order valence-electron chi connectivity index (χ0n) is 10.8. The smallest absolute Gasteiger partial charge is 0.360 e. The highest BCUT2D eigenvalue weighted by atomic mass is 19.4. The molecule has 3 rings (SSSR count). The molecule has 1 aromatic carbocycles. The first-order chi connectivity index (χ1) is 10.3. The number of nitrogens with zero attached hydrogens (tertiary/aromatic N) is 4. The van der Waals surface area contributed by atoms with Gasteiger partial charge in [-0.1, -0.05) is 0 Å². The van der Waals surface area contributed by atoms with Gasteiger partial charge in [-0.3, -0.25) is 0 Å². The Morgan fingerprint density at radius 3 is 2.27 bits per heavy atom. The van der Waals surface area contributed by atoms with Crippen LogP contribution in [0.5, 0.6) is 0 Å². The minimum absolute atomic E-state index is 0.0177. The van der Waals surface area contributed by atoms with Gasteiger partial charge in [0.15, 0.2) is 17.5 Å². The van der Waals surface area contributed by atoms with Crippen molar-refractivity contribution in [1.29, 1.82) is 0 Å². The molecule has 10 heteroatoms. The van der Waals surface area contributed by atoms with Gasteiger partial charge in [0.05, 0.1) is 12.2 Å². The average molecular weight is 322 g/mol. The van der Waals surface area contributed by atoms with Gasteiger partial charge in [0.1, 0.15) is 5.82 Å². The van der Waals surface area contributed by atoms with Crippen LogP contribution in [-0.4, -0.2) is 21.3 Å². The van der Waals surface area contributed by atoms with E-state index in [0.717, 1.165) is 4.57 Å². The van der Waals surface area contributed by atoms with E-state index in [2.05, 4.69) is 10.2 Å². The van der Waals surface area contributed by atoms with E-state index in [1.54, 1.807) is 0 Å². The molecule has 0 bridgehead atoms. The Bertz CT molecular complexity index is 723. The van der Waals surface area contributed by atoms with Gasteiger partial charge in [-0.2, -0.15) is 13.2 Å². The van der Waals surface area contributed by atoms with E-state index in [9.17, 15) is 26.3 Å². The molecule has 0 N–H and O–H groups in total. The van der Waals surface area contributed by atoms with Crippen molar-refractivity contribution in [2.75, 3.05) is 11.4 Å². The Morgan fingerprint density at radius 1 is 0.909 bits per heavy atom. The first-order valence-electron chi connectivity index (χ1n) is 6.16. The highest BCUT2D eigenvalue weighted by Crippen LogP contribution is 2.31. The Labute approximate surface area is 120 Å². The van der Waals surface area contributed by atoms with Gasteiger partial charge in [0, 0.05) is 25.2 Å². The second-order valence-electron chi connectivity index (χ2n) is 4.73. The van der Waals surface area contributed by atoms with Crippen LogP contribution < -0.4 is 4.90 Å². The van der Waals surface area contributed by atoms with Crippen LogP contribution in [0.15, 0.2) is 12.1 Å². The summed E-state index contributed by atoms with van der Waals surface area (Å²) in [4.78, 5) is 1.28. The van der Waals surface area contributed by atoms with E-state index in [4.69, 9.17) is 0 Å². The van der Waals surface area contributed by atoms with Gasteiger partial charge >= 0.3 is 6.18 Å². The molecule has 0 aliphatic carbocycles. The van der Waals surface area contributed by atoms with E-state index in [0.29, 0.717) is 12.1 Å². The van der Waals surface area contributed by atoms with Crippen LogP contribution in [0, 0.1) is 17.5 Å². The Hall–Kier alpha value is -2.26. The number of fused-ring (bicyclic) bond motifs is 1. The molecular weight excluding hydrogens is 314 g/mol. The Balaban J connectivity index is 1.93. The molecule has 2 aromatic rings. The second-order valence-corrected chi connectivity index (χ2v) is 4.73. The lowest BCUT2D eigenvalue weighted by molar-refractivity contribution is -0.147. The molecule has 0 atom stereocenters. The highest BCUT2D eigenvalue weighted by molar-refractivity contribution is 5.49. The van der Waals surface area contributed by atoms with Crippen LogP contribution in [0.25, 0.3) is 0 Å². The van der Waals surface area contributed by atoms with Gasteiger partial charge in [-0.15, -0.1) is 10.2 Å². The zero-order chi connectivity index (χ0) is 16.1. The van der Waals surface area contributed by atoms with Crippen molar-refractivity contribution in [1.82, 2.24) is 14.8 Å². The number of alkyl halides is 3. The van der Waals surface area contributed by atoms with Crippen molar-refractivity contribution in [2.45, 2.75) is 19.3 Å². The number of hydrogen-bond acceptors (Lipinski definition) is 3. The predicted octanol–water partition coefficient (Wildman–Crippen LogP) is 2.73. The van der Waals surface area contributed by atoms with Gasteiger partial charge in [-0.05, 0) is 0 Å². The molecule has 118 valence electrons. The number of aromatic nitrogens is 3. The minimum atomic E-state index is -4.64. The molecular formula is C12H8F6N4. The minimum Gasteiger partial charge on any atom is -0.360 e. The third-order valence-electron chi connectivity index (χ3n) is 3.34.